The molecule has 0 bridgehead atoms. The van der Waals surface area contributed by atoms with Gasteiger partial charge in [0, 0.05) is 60.8 Å². The first-order chi connectivity index (χ1) is 14.7. The molecule has 2 aromatic heterocycles. The molecule has 0 aliphatic carbocycles. The predicted molar refractivity (Wildman–Crippen MR) is 118 cm³/mol. The van der Waals surface area contributed by atoms with E-state index in [4.69, 9.17) is 4.98 Å². The molecular formula is C25H25FN4. The van der Waals surface area contributed by atoms with Crippen LogP contribution in [-0.4, -0.2) is 26.4 Å². The molecule has 0 radical (unpaired) electrons. The molecule has 0 unspecified atom stereocenters. The Morgan fingerprint density at radius 1 is 1.10 bits per heavy atom. The predicted octanol–water partition coefficient (Wildman–Crippen LogP) is 5.27. The van der Waals surface area contributed by atoms with Crippen molar-refractivity contribution in [1.82, 2.24) is 19.9 Å². The number of fused-ring (bicyclic) bond motifs is 2. The number of aromatic amines is 1. The molecule has 5 rings (SSSR count). The van der Waals surface area contributed by atoms with Gasteiger partial charge in [0.25, 0.3) is 0 Å². The van der Waals surface area contributed by atoms with Crippen molar-refractivity contribution in [1.29, 1.82) is 0 Å². The highest BCUT2D eigenvalue weighted by atomic mass is 19.1. The van der Waals surface area contributed by atoms with E-state index in [1.165, 1.54) is 34.3 Å². The molecule has 1 aliphatic rings. The molecule has 4 aromatic rings. The van der Waals surface area contributed by atoms with Gasteiger partial charge in [-0.25, -0.2) is 14.4 Å². The summed E-state index contributed by atoms with van der Waals surface area (Å²) in [6.07, 6.45) is 4.96. The van der Waals surface area contributed by atoms with Gasteiger partial charge in [-0.3, -0.25) is 4.90 Å². The average Bonchev–Trinajstić information content (AvgIpc) is 3.13. The molecule has 0 atom stereocenters. The first-order valence-electron chi connectivity index (χ1n) is 10.6. The van der Waals surface area contributed by atoms with Crippen LogP contribution in [0.2, 0.25) is 0 Å². The molecule has 0 fully saturated rings. The molecule has 1 N–H and O–H groups in total. The number of H-pyrrole nitrogens is 1. The van der Waals surface area contributed by atoms with Gasteiger partial charge in [0.15, 0.2) is 0 Å². The average molecular weight is 401 g/mol. The topological polar surface area (TPSA) is 44.8 Å². The largest absolute Gasteiger partial charge is 0.354 e. The summed E-state index contributed by atoms with van der Waals surface area (Å²) < 4.78 is 13.5. The monoisotopic (exact) mass is 400 g/mol. The van der Waals surface area contributed by atoms with E-state index in [-0.39, 0.29) is 5.82 Å². The Kier molecular flexibility index (Phi) is 5.05. The molecule has 3 heterocycles. The molecule has 0 spiro atoms. The van der Waals surface area contributed by atoms with Crippen molar-refractivity contribution in [2.75, 3.05) is 6.54 Å². The van der Waals surface area contributed by atoms with Crippen LogP contribution in [-0.2, 0) is 25.9 Å². The highest BCUT2D eigenvalue weighted by Gasteiger charge is 2.21. The SMILES string of the molecule is CCCc1ncc2c(n1)CCN(Cc1c(-c3ccc(F)cc3)[nH]c3ccccc13)C2. The van der Waals surface area contributed by atoms with Crippen LogP contribution in [0.25, 0.3) is 22.2 Å². The number of hydrogen-bond acceptors (Lipinski definition) is 3. The molecule has 2 aromatic carbocycles. The van der Waals surface area contributed by atoms with Crippen molar-refractivity contribution in [3.8, 4) is 11.3 Å². The number of hydrogen-bond donors (Lipinski definition) is 1. The normalized spacial score (nSPS) is 14.2. The molecular weight excluding hydrogens is 375 g/mol. The van der Waals surface area contributed by atoms with Crippen molar-refractivity contribution in [3.63, 3.8) is 0 Å². The molecule has 5 heteroatoms. The summed E-state index contributed by atoms with van der Waals surface area (Å²) in [6.45, 7) is 4.80. The lowest BCUT2D eigenvalue weighted by Gasteiger charge is -2.28. The fraction of sp³-hybridized carbons (Fsp3) is 0.280. The number of aryl methyl sites for hydroxylation is 1. The van der Waals surface area contributed by atoms with E-state index in [1.807, 2.05) is 24.4 Å². The number of para-hydroxylation sites is 1. The Labute approximate surface area is 175 Å². The van der Waals surface area contributed by atoms with E-state index in [2.05, 4.69) is 40.0 Å². The zero-order chi connectivity index (χ0) is 20.5. The molecule has 0 amide bonds. The van der Waals surface area contributed by atoms with Crippen LogP contribution >= 0.6 is 0 Å². The summed E-state index contributed by atoms with van der Waals surface area (Å²) in [5.74, 6) is 0.742. The smallest absolute Gasteiger partial charge is 0.128 e. The third kappa shape index (κ3) is 3.61. The van der Waals surface area contributed by atoms with E-state index < -0.39 is 0 Å². The van der Waals surface area contributed by atoms with Crippen LogP contribution in [0.4, 0.5) is 4.39 Å². The number of rotatable bonds is 5. The number of nitrogens with one attached hydrogen (secondary N) is 1. The Hall–Kier alpha value is -3.05. The van der Waals surface area contributed by atoms with Crippen molar-refractivity contribution in [2.45, 2.75) is 39.3 Å². The zero-order valence-corrected chi connectivity index (χ0v) is 17.2. The van der Waals surface area contributed by atoms with Gasteiger partial charge in [-0.2, -0.15) is 0 Å². The molecule has 4 nitrogen and oxygen atoms in total. The number of benzene rings is 2. The molecule has 0 saturated heterocycles. The second-order valence-electron chi connectivity index (χ2n) is 8.00. The Balaban J connectivity index is 1.47. The van der Waals surface area contributed by atoms with E-state index in [1.54, 1.807) is 0 Å². The fourth-order valence-electron chi connectivity index (χ4n) is 4.35. The van der Waals surface area contributed by atoms with Gasteiger partial charge in [-0.15, -0.1) is 0 Å². The fourth-order valence-corrected chi connectivity index (χ4v) is 4.35. The second kappa shape index (κ2) is 8.00. The minimum atomic E-state index is -0.216. The van der Waals surface area contributed by atoms with Crippen LogP contribution < -0.4 is 0 Å². The van der Waals surface area contributed by atoms with E-state index in [9.17, 15) is 4.39 Å². The molecule has 152 valence electrons. The summed E-state index contributed by atoms with van der Waals surface area (Å²) in [7, 11) is 0. The van der Waals surface area contributed by atoms with Gasteiger partial charge in [-0.05, 0) is 47.9 Å². The van der Waals surface area contributed by atoms with Gasteiger partial charge in [0.2, 0.25) is 0 Å². The summed E-state index contributed by atoms with van der Waals surface area (Å²) in [4.78, 5) is 15.3. The highest BCUT2D eigenvalue weighted by molar-refractivity contribution is 5.90. The van der Waals surface area contributed by atoms with Crippen molar-refractivity contribution in [3.05, 3.63) is 83.2 Å². The second-order valence-corrected chi connectivity index (χ2v) is 8.00. The Bertz CT molecular complexity index is 1180. The zero-order valence-electron chi connectivity index (χ0n) is 17.2. The molecule has 30 heavy (non-hydrogen) atoms. The summed E-state index contributed by atoms with van der Waals surface area (Å²) in [6, 6.07) is 15.1. The number of aromatic nitrogens is 3. The first kappa shape index (κ1) is 18.9. The maximum absolute atomic E-state index is 13.5. The van der Waals surface area contributed by atoms with Crippen LogP contribution in [0.5, 0.6) is 0 Å². The van der Waals surface area contributed by atoms with Gasteiger partial charge in [0.1, 0.15) is 11.6 Å². The van der Waals surface area contributed by atoms with Crippen LogP contribution in [0, 0.1) is 5.82 Å². The van der Waals surface area contributed by atoms with Gasteiger partial charge < -0.3 is 4.98 Å². The van der Waals surface area contributed by atoms with E-state index >= 15 is 0 Å². The lowest BCUT2D eigenvalue weighted by molar-refractivity contribution is 0.243. The highest BCUT2D eigenvalue weighted by Crippen LogP contribution is 2.32. The maximum atomic E-state index is 13.5. The van der Waals surface area contributed by atoms with Crippen molar-refractivity contribution in [2.24, 2.45) is 0 Å². The Morgan fingerprint density at radius 3 is 2.77 bits per heavy atom. The van der Waals surface area contributed by atoms with Crippen molar-refractivity contribution < 1.29 is 4.39 Å². The van der Waals surface area contributed by atoms with Gasteiger partial charge in [-0.1, -0.05) is 25.1 Å². The summed E-state index contributed by atoms with van der Waals surface area (Å²) in [5, 5.41) is 1.22. The van der Waals surface area contributed by atoms with Crippen LogP contribution in [0.3, 0.4) is 0 Å². The third-order valence-corrected chi connectivity index (χ3v) is 5.86. The first-order valence-corrected chi connectivity index (χ1v) is 10.6. The van der Waals surface area contributed by atoms with Gasteiger partial charge >= 0.3 is 0 Å². The van der Waals surface area contributed by atoms with E-state index in [0.29, 0.717) is 0 Å². The Morgan fingerprint density at radius 2 is 1.93 bits per heavy atom. The summed E-state index contributed by atoms with van der Waals surface area (Å²) >= 11 is 0. The van der Waals surface area contributed by atoms with Crippen LogP contribution in [0.1, 0.15) is 36.0 Å². The quantitative estimate of drug-likeness (QED) is 0.496. The van der Waals surface area contributed by atoms with Crippen molar-refractivity contribution >= 4 is 10.9 Å². The standard InChI is InChI=1S/C25H25FN4/c1-2-5-24-27-14-18-15-30(13-12-22(18)28-24)16-21-20-6-3-4-7-23(20)29-25(21)17-8-10-19(26)11-9-17/h3-4,6-11,14,29H,2,5,12-13,15-16H2,1H3. The van der Waals surface area contributed by atoms with Gasteiger partial charge in [0.05, 0.1) is 5.69 Å². The lowest BCUT2D eigenvalue weighted by atomic mass is 10.0. The third-order valence-electron chi connectivity index (χ3n) is 5.86. The maximum Gasteiger partial charge on any atom is 0.128 e. The number of halogens is 1. The minimum Gasteiger partial charge on any atom is -0.354 e. The molecule has 0 saturated carbocycles. The minimum absolute atomic E-state index is 0.216. The number of nitrogens with zero attached hydrogens (tertiary/aromatic N) is 3. The summed E-state index contributed by atoms with van der Waals surface area (Å²) in [5.41, 5.74) is 6.86. The van der Waals surface area contributed by atoms with E-state index in [0.717, 1.165) is 61.5 Å². The van der Waals surface area contributed by atoms with Crippen LogP contribution in [0.15, 0.2) is 54.7 Å². The molecule has 1 aliphatic heterocycles. The lowest BCUT2D eigenvalue weighted by Crippen LogP contribution is -2.31.